The number of Topliss-reactive ketones (excluding diaryl/α,β-unsaturated/α-hetero) is 1. The number of rotatable bonds is 2. The topological polar surface area (TPSA) is 51.2 Å². The zero-order valence-corrected chi connectivity index (χ0v) is 7.87. The van der Waals surface area contributed by atoms with Crippen molar-refractivity contribution in [2.45, 2.75) is 12.2 Å². The van der Waals surface area contributed by atoms with Crippen LogP contribution < -0.4 is 0 Å². The lowest BCUT2D eigenvalue weighted by molar-refractivity contribution is -0.115. The quantitative estimate of drug-likeness (QED) is 0.626. The van der Waals surface area contributed by atoms with E-state index >= 15 is 0 Å². The highest BCUT2D eigenvalue weighted by Crippen LogP contribution is 2.20. The van der Waals surface area contributed by atoms with Gasteiger partial charge in [0, 0.05) is 0 Å². The fourth-order valence-electron chi connectivity index (χ4n) is 1.03. The number of carbonyl (C=O) groups excluding carboxylic acids is 1. The number of thioether (sulfide) groups is 1. The van der Waals surface area contributed by atoms with Gasteiger partial charge < -0.3 is 0 Å². The van der Waals surface area contributed by atoms with Crippen molar-refractivity contribution in [3.05, 3.63) is 0 Å². The second kappa shape index (κ2) is 3.15. The standard InChI is InChI=1S/C6H10O3S2/c1-2-10-6-4-11(8,9)3-5(6)7/h6H,2-4H2,1H3. The van der Waals surface area contributed by atoms with E-state index in [4.69, 9.17) is 0 Å². The van der Waals surface area contributed by atoms with E-state index in [0.29, 0.717) is 0 Å². The first-order chi connectivity index (χ1) is 5.05. The third-order valence-corrected chi connectivity index (χ3v) is 4.44. The molecule has 1 unspecified atom stereocenters. The number of hydrogen-bond acceptors (Lipinski definition) is 4. The molecule has 1 fully saturated rings. The van der Waals surface area contributed by atoms with Crippen LogP contribution in [0.5, 0.6) is 0 Å². The van der Waals surface area contributed by atoms with E-state index in [0.717, 1.165) is 5.75 Å². The van der Waals surface area contributed by atoms with Gasteiger partial charge in [-0.05, 0) is 5.75 Å². The van der Waals surface area contributed by atoms with Gasteiger partial charge in [-0.15, -0.1) is 11.8 Å². The monoisotopic (exact) mass is 194 g/mol. The molecule has 3 nitrogen and oxygen atoms in total. The summed E-state index contributed by atoms with van der Waals surface area (Å²) < 4.78 is 21.8. The summed E-state index contributed by atoms with van der Waals surface area (Å²) in [6.45, 7) is 1.92. The summed E-state index contributed by atoms with van der Waals surface area (Å²) in [4.78, 5) is 11.0. The Morgan fingerprint density at radius 3 is 2.64 bits per heavy atom. The molecular formula is C6H10O3S2. The normalized spacial score (nSPS) is 29.2. The van der Waals surface area contributed by atoms with E-state index < -0.39 is 9.84 Å². The smallest absolute Gasteiger partial charge is 0.161 e. The molecule has 1 heterocycles. The molecule has 1 atom stereocenters. The third-order valence-electron chi connectivity index (χ3n) is 1.49. The van der Waals surface area contributed by atoms with Crippen LogP contribution in [0, 0.1) is 0 Å². The molecule has 0 amide bonds. The third kappa shape index (κ3) is 2.20. The average molecular weight is 194 g/mol. The minimum atomic E-state index is -3.04. The van der Waals surface area contributed by atoms with Gasteiger partial charge in [0.05, 0.1) is 11.0 Å². The van der Waals surface area contributed by atoms with E-state index in [1.807, 2.05) is 6.92 Å². The summed E-state index contributed by atoms with van der Waals surface area (Å²) in [7, 11) is -3.04. The highest BCUT2D eigenvalue weighted by Gasteiger charge is 2.35. The lowest BCUT2D eigenvalue weighted by atomic mass is 10.3. The zero-order chi connectivity index (χ0) is 8.48. The minimum absolute atomic E-state index is 0.0460. The van der Waals surface area contributed by atoms with E-state index in [9.17, 15) is 13.2 Å². The van der Waals surface area contributed by atoms with Gasteiger partial charge in [0.25, 0.3) is 0 Å². The molecule has 0 bridgehead atoms. The van der Waals surface area contributed by atoms with Gasteiger partial charge in [-0.3, -0.25) is 4.79 Å². The molecule has 0 radical (unpaired) electrons. The van der Waals surface area contributed by atoms with Crippen molar-refractivity contribution in [1.29, 1.82) is 0 Å². The number of sulfone groups is 1. The minimum Gasteiger partial charge on any atom is -0.297 e. The molecule has 0 saturated carbocycles. The molecule has 0 aromatic carbocycles. The van der Waals surface area contributed by atoms with E-state index in [-0.39, 0.29) is 22.5 Å². The van der Waals surface area contributed by atoms with Gasteiger partial charge in [-0.2, -0.15) is 0 Å². The Morgan fingerprint density at radius 1 is 1.64 bits per heavy atom. The van der Waals surface area contributed by atoms with Crippen LogP contribution in [0.15, 0.2) is 0 Å². The van der Waals surface area contributed by atoms with Crippen LogP contribution in [0.2, 0.25) is 0 Å². The molecule has 0 N–H and O–H groups in total. The Bertz CT molecular complexity index is 255. The largest absolute Gasteiger partial charge is 0.297 e. The first-order valence-electron chi connectivity index (χ1n) is 3.40. The summed E-state index contributed by atoms with van der Waals surface area (Å²) in [6.07, 6.45) is 0. The second-order valence-corrected chi connectivity index (χ2v) is 6.05. The predicted octanol–water partition coefficient (Wildman–Crippen LogP) is 0.106. The Labute approximate surface area is 70.5 Å². The van der Waals surface area contributed by atoms with Crippen molar-refractivity contribution in [1.82, 2.24) is 0 Å². The maximum atomic E-state index is 11.0. The van der Waals surface area contributed by atoms with Crippen molar-refractivity contribution in [2.24, 2.45) is 0 Å². The van der Waals surface area contributed by atoms with Crippen molar-refractivity contribution in [2.75, 3.05) is 17.3 Å². The maximum Gasteiger partial charge on any atom is 0.161 e. The van der Waals surface area contributed by atoms with Crippen molar-refractivity contribution >= 4 is 27.4 Å². The van der Waals surface area contributed by atoms with Crippen LogP contribution >= 0.6 is 11.8 Å². The van der Waals surface area contributed by atoms with Crippen LogP contribution in [-0.2, 0) is 14.6 Å². The van der Waals surface area contributed by atoms with Crippen LogP contribution in [0.25, 0.3) is 0 Å². The van der Waals surface area contributed by atoms with E-state index in [1.165, 1.54) is 11.8 Å². The summed E-state index contributed by atoms with van der Waals surface area (Å²) in [5.74, 6) is 0.470. The maximum absolute atomic E-state index is 11.0. The molecule has 0 aliphatic carbocycles. The molecule has 5 heteroatoms. The fraction of sp³-hybridized carbons (Fsp3) is 0.833. The van der Waals surface area contributed by atoms with Gasteiger partial charge in [0.15, 0.2) is 15.6 Å². The highest BCUT2D eigenvalue weighted by atomic mass is 32.2. The highest BCUT2D eigenvalue weighted by molar-refractivity contribution is 8.03. The van der Waals surface area contributed by atoms with Crippen LogP contribution in [0.1, 0.15) is 6.92 Å². The average Bonchev–Trinajstić information content (AvgIpc) is 2.07. The van der Waals surface area contributed by atoms with Gasteiger partial charge >= 0.3 is 0 Å². The Hall–Kier alpha value is -0.0300. The molecule has 11 heavy (non-hydrogen) atoms. The molecule has 1 rings (SSSR count). The first-order valence-corrected chi connectivity index (χ1v) is 6.27. The lowest BCUT2D eigenvalue weighted by Gasteiger charge is -2.00. The Balaban J connectivity index is 2.67. The molecule has 1 aliphatic rings. The van der Waals surface area contributed by atoms with Crippen molar-refractivity contribution in [3.8, 4) is 0 Å². The SMILES string of the molecule is CCSC1CS(=O)(=O)CC1=O. The number of carbonyl (C=O) groups is 1. The Morgan fingerprint density at radius 2 is 2.27 bits per heavy atom. The molecule has 0 aromatic rings. The van der Waals surface area contributed by atoms with Crippen molar-refractivity contribution in [3.63, 3.8) is 0 Å². The van der Waals surface area contributed by atoms with Gasteiger partial charge in [-0.1, -0.05) is 6.92 Å². The van der Waals surface area contributed by atoms with E-state index in [2.05, 4.69) is 0 Å². The van der Waals surface area contributed by atoms with Crippen LogP contribution in [0.4, 0.5) is 0 Å². The zero-order valence-electron chi connectivity index (χ0n) is 6.24. The van der Waals surface area contributed by atoms with Gasteiger partial charge in [0.2, 0.25) is 0 Å². The summed E-state index contributed by atoms with van der Waals surface area (Å²) in [6, 6.07) is 0. The fourth-order valence-corrected chi connectivity index (χ4v) is 4.22. The van der Waals surface area contributed by atoms with Gasteiger partial charge in [-0.25, -0.2) is 8.42 Å². The van der Waals surface area contributed by atoms with Crippen molar-refractivity contribution < 1.29 is 13.2 Å². The molecule has 0 spiro atoms. The number of ketones is 1. The van der Waals surface area contributed by atoms with Crippen LogP contribution in [0.3, 0.4) is 0 Å². The summed E-state index contributed by atoms with van der Waals surface area (Å²) in [5, 5.41) is -0.287. The molecule has 1 saturated heterocycles. The number of hydrogen-bond donors (Lipinski definition) is 0. The summed E-state index contributed by atoms with van der Waals surface area (Å²) >= 11 is 1.42. The molecule has 0 aromatic heterocycles. The van der Waals surface area contributed by atoms with E-state index in [1.54, 1.807) is 0 Å². The molecule has 1 aliphatic heterocycles. The van der Waals surface area contributed by atoms with Crippen LogP contribution in [-0.4, -0.2) is 36.7 Å². The molecule has 64 valence electrons. The predicted molar refractivity (Wildman–Crippen MR) is 45.6 cm³/mol. The first kappa shape index (κ1) is 9.06. The Kier molecular flexibility index (Phi) is 2.59. The summed E-state index contributed by atoms with van der Waals surface area (Å²) in [5.41, 5.74) is 0. The second-order valence-electron chi connectivity index (χ2n) is 2.46. The van der Waals surface area contributed by atoms with Gasteiger partial charge in [0.1, 0.15) is 5.75 Å². The lowest BCUT2D eigenvalue weighted by Crippen LogP contribution is -2.13. The molecular weight excluding hydrogens is 184 g/mol.